The third kappa shape index (κ3) is 2.95. The molecule has 3 rings (SSSR count). The molecule has 0 spiro atoms. The molecule has 0 unspecified atom stereocenters. The molecule has 0 fully saturated rings. The second-order valence-electron chi connectivity index (χ2n) is 5.06. The van der Waals surface area contributed by atoms with Crippen LogP contribution in [-0.2, 0) is 0 Å². The van der Waals surface area contributed by atoms with E-state index in [4.69, 9.17) is 0 Å². The Morgan fingerprint density at radius 1 is 0.850 bits per heavy atom. The quantitative estimate of drug-likeness (QED) is 0.866. The van der Waals surface area contributed by atoms with Crippen molar-refractivity contribution < 1.29 is 0 Å². The summed E-state index contributed by atoms with van der Waals surface area (Å²) in [5, 5.41) is 3.50. The SMILES string of the molecule is Cc1ccccc1C1=C(c2ccccc2)CCNC1.Cl. The van der Waals surface area contributed by atoms with Crippen LogP contribution < -0.4 is 5.32 Å². The van der Waals surface area contributed by atoms with Crippen LogP contribution in [0.3, 0.4) is 0 Å². The van der Waals surface area contributed by atoms with Crippen LogP contribution in [0.2, 0.25) is 0 Å². The molecule has 1 nitrogen and oxygen atoms in total. The minimum atomic E-state index is 0. The van der Waals surface area contributed by atoms with Gasteiger partial charge in [-0.25, -0.2) is 0 Å². The molecule has 0 saturated carbocycles. The molecule has 104 valence electrons. The highest BCUT2D eigenvalue weighted by atomic mass is 35.5. The lowest BCUT2D eigenvalue weighted by Gasteiger charge is -2.23. The van der Waals surface area contributed by atoms with Gasteiger partial charge in [0.05, 0.1) is 0 Å². The van der Waals surface area contributed by atoms with Gasteiger partial charge in [0.25, 0.3) is 0 Å². The number of nitrogens with one attached hydrogen (secondary N) is 1. The third-order valence-corrected chi connectivity index (χ3v) is 3.81. The Bertz CT molecular complexity index is 602. The molecule has 0 aliphatic carbocycles. The maximum absolute atomic E-state index is 3.50. The Kier molecular flexibility index (Phi) is 4.99. The smallest absolute Gasteiger partial charge is 0.0214 e. The van der Waals surface area contributed by atoms with Crippen molar-refractivity contribution in [1.29, 1.82) is 0 Å². The molecule has 0 bridgehead atoms. The zero-order chi connectivity index (χ0) is 13.1. The average Bonchev–Trinajstić information content (AvgIpc) is 2.49. The molecule has 0 atom stereocenters. The first kappa shape index (κ1) is 14.8. The highest BCUT2D eigenvalue weighted by molar-refractivity contribution is 5.93. The van der Waals surface area contributed by atoms with E-state index in [1.165, 1.54) is 27.8 Å². The number of hydrogen-bond donors (Lipinski definition) is 1. The van der Waals surface area contributed by atoms with E-state index < -0.39 is 0 Å². The summed E-state index contributed by atoms with van der Waals surface area (Å²) in [6.45, 7) is 4.23. The fourth-order valence-corrected chi connectivity index (χ4v) is 2.81. The standard InChI is InChI=1S/C18H19N.ClH/c1-14-7-5-6-10-16(14)18-13-19-12-11-17(18)15-8-3-2-4-9-15;/h2-10,19H,11-13H2,1H3;1H. The monoisotopic (exact) mass is 285 g/mol. The van der Waals surface area contributed by atoms with E-state index in [9.17, 15) is 0 Å². The highest BCUT2D eigenvalue weighted by Gasteiger charge is 2.16. The minimum absolute atomic E-state index is 0. The van der Waals surface area contributed by atoms with Gasteiger partial charge >= 0.3 is 0 Å². The fourth-order valence-electron chi connectivity index (χ4n) is 2.81. The molecule has 2 heteroatoms. The van der Waals surface area contributed by atoms with Crippen molar-refractivity contribution >= 4 is 23.6 Å². The number of hydrogen-bond acceptors (Lipinski definition) is 1. The molecule has 2 aromatic rings. The summed E-state index contributed by atoms with van der Waals surface area (Å²) >= 11 is 0. The number of aryl methyl sites for hydroxylation is 1. The lowest BCUT2D eigenvalue weighted by Crippen LogP contribution is -2.24. The van der Waals surface area contributed by atoms with Crippen LogP contribution in [0, 0.1) is 6.92 Å². The van der Waals surface area contributed by atoms with E-state index in [1.54, 1.807) is 0 Å². The summed E-state index contributed by atoms with van der Waals surface area (Å²) in [5.74, 6) is 0. The highest BCUT2D eigenvalue weighted by Crippen LogP contribution is 2.31. The number of rotatable bonds is 2. The van der Waals surface area contributed by atoms with Crippen molar-refractivity contribution in [3.63, 3.8) is 0 Å². The van der Waals surface area contributed by atoms with Crippen LogP contribution in [-0.4, -0.2) is 13.1 Å². The maximum atomic E-state index is 3.50. The van der Waals surface area contributed by atoms with Crippen LogP contribution in [0.15, 0.2) is 54.6 Å². The van der Waals surface area contributed by atoms with Gasteiger partial charge in [0.15, 0.2) is 0 Å². The van der Waals surface area contributed by atoms with Crippen molar-refractivity contribution in [3.8, 4) is 0 Å². The van der Waals surface area contributed by atoms with E-state index in [1.807, 2.05) is 0 Å². The molecule has 1 N–H and O–H groups in total. The van der Waals surface area contributed by atoms with E-state index >= 15 is 0 Å². The van der Waals surface area contributed by atoms with E-state index in [-0.39, 0.29) is 12.4 Å². The summed E-state index contributed by atoms with van der Waals surface area (Å²) in [7, 11) is 0. The lowest BCUT2D eigenvalue weighted by molar-refractivity contribution is 0.748. The Hall–Kier alpha value is -1.57. The lowest BCUT2D eigenvalue weighted by atomic mass is 9.88. The first-order chi connectivity index (χ1) is 9.36. The van der Waals surface area contributed by atoms with Crippen molar-refractivity contribution in [2.75, 3.05) is 13.1 Å². The number of halogens is 1. The zero-order valence-corrected chi connectivity index (χ0v) is 12.5. The molecule has 0 amide bonds. The minimum Gasteiger partial charge on any atom is -0.312 e. The van der Waals surface area contributed by atoms with Crippen LogP contribution in [0.5, 0.6) is 0 Å². The Balaban J connectivity index is 0.00000147. The Labute approximate surface area is 127 Å². The molecule has 1 heterocycles. The van der Waals surface area contributed by atoms with E-state index in [0.29, 0.717) is 0 Å². The fraction of sp³-hybridized carbons (Fsp3) is 0.222. The van der Waals surface area contributed by atoms with Gasteiger partial charge in [-0.1, -0.05) is 54.6 Å². The Morgan fingerprint density at radius 2 is 1.55 bits per heavy atom. The van der Waals surface area contributed by atoms with Crippen molar-refractivity contribution in [2.24, 2.45) is 0 Å². The molecule has 1 aliphatic heterocycles. The summed E-state index contributed by atoms with van der Waals surface area (Å²) in [6, 6.07) is 19.4. The molecule has 1 aliphatic rings. The molecule has 20 heavy (non-hydrogen) atoms. The second kappa shape index (κ2) is 6.74. The van der Waals surface area contributed by atoms with Crippen molar-refractivity contribution in [1.82, 2.24) is 5.32 Å². The third-order valence-electron chi connectivity index (χ3n) is 3.81. The summed E-state index contributed by atoms with van der Waals surface area (Å²) in [4.78, 5) is 0. The average molecular weight is 286 g/mol. The molecule has 0 aromatic heterocycles. The van der Waals surface area contributed by atoms with E-state index in [2.05, 4.69) is 66.8 Å². The summed E-state index contributed by atoms with van der Waals surface area (Å²) in [6.07, 6.45) is 1.10. The van der Waals surface area contributed by atoms with Gasteiger partial charge in [-0.15, -0.1) is 12.4 Å². The zero-order valence-electron chi connectivity index (χ0n) is 11.7. The van der Waals surface area contributed by atoms with Gasteiger partial charge in [-0.3, -0.25) is 0 Å². The van der Waals surface area contributed by atoms with Gasteiger partial charge in [0.1, 0.15) is 0 Å². The van der Waals surface area contributed by atoms with Crippen LogP contribution in [0.25, 0.3) is 11.1 Å². The van der Waals surface area contributed by atoms with Gasteiger partial charge in [0.2, 0.25) is 0 Å². The largest absolute Gasteiger partial charge is 0.312 e. The van der Waals surface area contributed by atoms with Crippen LogP contribution in [0.4, 0.5) is 0 Å². The normalized spacial score (nSPS) is 14.8. The van der Waals surface area contributed by atoms with Gasteiger partial charge in [-0.05, 0) is 47.7 Å². The predicted octanol–water partition coefficient (Wildman–Crippen LogP) is 4.32. The summed E-state index contributed by atoms with van der Waals surface area (Å²) in [5.41, 5.74) is 7.05. The van der Waals surface area contributed by atoms with Crippen LogP contribution in [0.1, 0.15) is 23.1 Å². The van der Waals surface area contributed by atoms with Crippen molar-refractivity contribution in [3.05, 3.63) is 71.3 Å². The summed E-state index contributed by atoms with van der Waals surface area (Å²) < 4.78 is 0. The first-order valence-electron chi connectivity index (χ1n) is 6.90. The van der Waals surface area contributed by atoms with Gasteiger partial charge in [0, 0.05) is 6.54 Å². The molecule has 0 radical (unpaired) electrons. The second-order valence-corrected chi connectivity index (χ2v) is 5.06. The van der Waals surface area contributed by atoms with E-state index in [0.717, 1.165) is 19.5 Å². The Morgan fingerprint density at radius 3 is 2.30 bits per heavy atom. The van der Waals surface area contributed by atoms with Crippen molar-refractivity contribution in [2.45, 2.75) is 13.3 Å². The first-order valence-corrected chi connectivity index (χ1v) is 6.90. The predicted molar refractivity (Wildman–Crippen MR) is 89.2 cm³/mol. The topological polar surface area (TPSA) is 12.0 Å². The maximum Gasteiger partial charge on any atom is 0.0214 e. The molecule has 0 saturated heterocycles. The molecule has 2 aromatic carbocycles. The van der Waals surface area contributed by atoms with Crippen LogP contribution >= 0.6 is 12.4 Å². The van der Waals surface area contributed by atoms with Gasteiger partial charge in [-0.2, -0.15) is 0 Å². The molecular formula is C18H20ClN. The molecular weight excluding hydrogens is 266 g/mol. The van der Waals surface area contributed by atoms with Gasteiger partial charge < -0.3 is 5.32 Å². The number of benzene rings is 2.